The highest BCUT2D eigenvalue weighted by Gasteiger charge is 2.40. The van der Waals surface area contributed by atoms with Crippen LogP contribution in [0.2, 0.25) is 0 Å². The van der Waals surface area contributed by atoms with Crippen LogP contribution in [0.5, 0.6) is 0 Å². The van der Waals surface area contributed by atoms with Crippen LogP contribution in [-0.2, 0) is 23.3 Å². The van der Waals surface area contributed by atoms with Crippen LogP contribution in [-0.4, -0.2) is 26.7 Å². The monoisotopic (exact) mass is 251 g/mol. The van der Waals surface area contributed by atoms with E-state index in [-0.39, 0.29) is 5.54 Å². The van der Waals surface area contributed by atoms with E-state index in [1.807, 2.05) is 13.3 Å². The Morgan fingerprint density at radius 1 is 1.67 bits per heavy atom. The molecule has 0 aromatic carbocycles. The fraction of sp³-hybridized carbons (Fsp3) is 0.692. The van der Waals surface area contributed by atoms with Gasteiger partial charge < -0.3 is 9.67 Å². The predicted octanol–water partition coefficient (Wildman–Crippen LogP) is 1.52. The van der Waals surface area contributed by atoms with Crippen molar-refractivity contribution < 1.29 is 9.90 Å². The number of carboxylic acids is 1. The minimum atomic E-state index is -0.787. The van der Waals surface area contributed by atoms with E-state index in [0.29, 0.717) is 6.42 Å². The highest BCUT2D eigenvalue weighted by atomic mass is 16.4. The number of nitrogens with one attached hydrogen (secondary N) is 1. The highest BCUT2D eigenvalue weighted by Crippen LogP contribution is 2.32. The van der Waals surface area contributed by atoms with Crippen LogP contribution in [0.25, 0.3) is 0 Å². The summed E-state index contributed by atoms with van der Waals surface area (Å²) in [6, 6.07) is -0.519. The number of carboxylic acid groups (broad SMARTS) is 1. The van der Waals surface area contributed by atoms with Gasteiger partial charge in [0.1, 0.15) is 6.04 Å². The molecule has 1 aliphatic heterocycles. The van der Waals surface area contributed by atoms with Gasteiger partial charge in [0.15, 0.2) is 0 Å². The van der Waals surface area contributed by atoms with E-state index in [9.17, 15) is 9.90 Å². The fourth-order valence-electron chi connectivity index (χ4n) is 2.63. The summed E-state index contributed by atoms with van der Waals surface area (Å²) in [5.41, 5.74) is 1.75. The van der Waals surface area contributed by atoms with E-state index in [1.165, 1.54) is 0 Å². The van der Waals surface area contributed by atoms with Crippen LogP contribution in [0.15, 0.2) is 6.33 Å². The molecular formula is C13H21N3O2. The lowest BCUT2D eigenvalue weighted by molar-refractivity contribution is -0.140. The third kappa shape index (κ3) is 2.03. The maximum Gasteiger partial charge on any atom is 0.321 e. The third-order valence-electron chi connectivity index (χ3n) is 3.83. The first kappa shape index (κ1) is 13.1. The summed E-state index contributed by atoms with van der Waals surface area (Å²) >= 11 is 0. The zero-order chi connectivity index (χ0) is 13.3. The van der Waals surface area contributed by atoms with Crippen LogP contribution in [0.4, 0.5) is 0 Å². The lowest BCUT2D eigenvalue weighted by Crippen LogP contribution is -2.54. The maximum atomic E-state index is 11.3. The number of rotatable bonds is 4. The Morgan fingerprint density at radius 2 is 2.39 bits per heavy atom. The Morgan fingerprint density at radius 3 is 2.94 bits per heavy atom. The van der Waals surface area contributed by atoms with Crippen molar-refractivity contribution >= 4 is 5.97 Å². The lowest BCUT2D eigenvalue weighted by Gasteiger charge is -2.37. The average molecular weight is 251 g/mol. The quantitative estimate of drug-likeness (QED) is 0.851. The zero-order valence-corrected chi connectivity index (χ0v) is 11.2. The molecule has 2 unspecified atom stereocenters. The molecule has 2 heterocycles. The molecule has 0 amide bonds. The second kappa shape index (κ2) is 4.72. The Kier molecular flexibility index (Phi) is 3.43. The molecule has 0 saturated carbocycles. The van der Waals surface area contributed by atoms with Crippen molar-refractivity contribution in [2.75, 3.05) is 0 Å². The molecule has 2 rings (SSSR count). The van der Waals surface area contributed by atoms with Gasteiger partial charge in [-0.05, 0) is 19.8 Å². The largest absolute Gasteiger partial charge is 0.480 e. The predicted molar refractivity (Wildman–Crippen MR) is 68.4 cm³/mol. The number of imidazole rings is 1. The summed E-state index contributed by atoms with van der Waals surface area (Å²) in [5.74, 6) is -0.787. The number of hydrogen-bond acceptors (Lipinski definition) is 3. The van der Waals surface area contributed by atoms with Gasteiger partial charge in [-0.15, -0.1) is 0 Å². The molecule has 0 fully saturated rings. The molecule has 0 aliphatic carbocycles. The molecule has 1 aliphatic rings. The van der Waals surface area contributed by atoms with Gasteiger partial charge in [-0.3, -0.25) is 10.1 Å². The van der Waals surface area contributed by atoms with Crippen molar-refractivity contribution in [1.82, 2.24) is 14.9 Å². The number of aromatic nitrogens is 2. The first-order valence-electron chi connectivity index (χ1n) is 6.56. The van der Waals surface area contributed by atoms with Crippen molar-refractivity contribution in [1.29, 1.82) is 0 Å². The lowest BCUT2D eigenvalue weighted by atomic mass is 9.86. The van der Waals surface area contributed by atoms with E-state index in [4.69, 9.17) is 0 Å². The molecule has 18 heavy (non-hydrogen) atoms. The van der Waals surface area contributed by atoms with Gasteiger partial charge >= 0.3 is 5.97 Å². The Hall–Kier alpha value is -1.36. The smallest absolute Gasteiger partial charge is 0.321 e. The van der Waals surface area contributed by atoms with E-state index >= 15 is 0 Å². The molecule has 5 nitrogen and oxygen atoms in total. The van der Waals surface area contributed by atoms with Crippen LogP contribution in [0, 0.1) is 0 Å². The average Bonchev–Trinajstić information content (AvgIpc) is 2.74. The second-order valence-electron chi connectivity index (χ2n) is 5.16. The molecular weight excluding hydrogens is 230 g/mol. The van der Waals surface area contributed by atoms with Crippen molar-refractivity contribution in [3.63, 3.8) is 0 Å². The number of carbonyl (C=O) groups is 1. The minimum absolute atomic E-state index is 0.338. The van der Waals surface area contributed by atoms with Gasteiger partial charge in [-0.2, -0.15) is 0 Å². The highest BCUT2D eigenvalue weighted by molar-refractivity contribution is 5.74. The fourth-order valence-corrected chi connectivity index (χ4v) is 2.63. The minimum Gasteiger partial charge on any atom is -0.480 e. The standard InChI is InChI=1S/C13H21N3O2/c1-4-6-16-8-14-11-10(16)7-9(12(17)18)15-13(11,3)5-2/h8-9,15H,4-7H2,1-3H3,(H,17,18). The van der Waals surface area contributed by atoms with Crippen LogP contribution in [0.1, 0.15) is 45.0 Å². The van der Waals surface area contributed by atoms with Gasteiger partial charge in [0, 0.05) is 18.7 Å². The molecule has 1 aromatic heterocycles. The van der Waals surface area contributed by atoms with E-state index in [1.54, 1.807) is 0 Å². The third-order valence-corrected chi connectivity index (χ3v) is 3.83. The van der Waals surface area contributed by atoms with Crippen molar-refractivity contribution in [2.24, 2.45) is 0 Å². The first-order valence-corrected chi connectivity index (χ1v) is 6.56. The summed E-state index contributed by atoms with van der Waals surface area (Å²) in [6.45, 7) is 7.10. The number of aliphatic carboxylic acids is 1. The molecule has 2 N–H and O–H groups in total. The molecule has 0 bridgehead atoms. The van der Waals surface area contributed by atoms with E-state index < -0.39 is 12.0 Å². The summed E-state index contributed by atoms with van der Waals surface area (Å²) < 4.78 is 2.10. The summed E-state index contributed by atoms with van der Waals surface area (Å²) in [7, 11) is 0. The molecule has 0 saturated heterocycles. The normalized spacial score (nSPS) is 26.9. The molecule has 100 valence electrons. The molecule has 5 heteroatoms. The number of fused-ring (bicyclic) bond motifs is 1. The van der Waals surface area contributed by atoms with Crippen LogP contribution < -0.4 is 5.32 Å². The van der Waals surface area contributed by atoms with Crippen molar-refractivity contribution in [3.8, 4) is 0 Å². The Bertz CT molecular complexity index is 455. The molecule has 2 atom stereocenters. The molecule has 0 radical (unpaired) electrons. The Balaban J connectivity index is 2.43. The van der Waals surface area contributed by atoms with Gasteiger partial charge in [-0.1, -0.05) is 13.8 Å². The molecule has 0 spiro atoms. The van der Waals surface area contributed by atoms with Gasteiger partial charge in [0.2, 0.25) is 0 Å². The van der Waals surface area contributed by atoms with Crippen molar-refractivity contribution in [3.05, 3.63) is 17.7 Å². The zero-order valence-electron chi connectivity index (χ0n) is 11.2. The molecule has 1 aromatic rings. The second-order valence-corrected chi connectivity index (χ2v) is 5.16. The summed E-state index contributed by atoms with van der Waals surface area (Å²) in [5, 5.41) is 12.5. The maximum absolute atomic E-state index is 11.3. The van der Waals surface area contributed by atoms with Crippen LogP contribution in [0.3, 0.4) is 0 Å². The summed E-state index contributed by atoms with van der Waals surface area (Å²) in [6.07, 6.45) is 4.21. The topological polar surface area (TPSA) is 67.2 Å². The first-order chi connectivity index (χ1) is 8.51. The number of nitrogens with zero attached hydrogens (tertiary/aromatic N) is 2. The van der Waals surface area contributed by atoms with Crippen LogP contribution >= 0.6 is 0 Å². The Labute approximate surface area is 107 Å². The van der Waals surface area contributed by atoms with Gasteiger partial charge in [0.25, 0.3) is 0 Å². The van der Waals surface area contributed by atoms with Gasteiger partial charge in [0.05, 0.1) is 17.6 Å². The number of hydrogen-bond donors (Lipinski definition) is 2. The summed E-state index contributed by atoms with van der Waals surface area (Å²) in [4.78, 5) is 15.8. The SMILES string of the molecule is CCCn1cnc2c1CC(C(=O)O)NC2(C)CC. The van der Waals surface area contributed by atoms with Gasteiger partial charge in [-0.25, -0.2) is 4.98 Å². The van der Waals surface area contributed by atoms with E-state index in [0.717, 1.165) is 30.8 Å². The number of aryl methyl sites for hydroxylation is 1. The van der Waals surface area contributed by atoms with Crippen molar-refractivity contribution in [2.45, 2.75) is 58.2 Å². The van der Waals surface area contributed by atoms with E-state index in [2.05, 4.69) is 28.7 Å².